The Hall–Kier alpha value is -2.72. The summed E-state index contributed by atoms with van der Waals surface area (Å²) in [5, 5.41) is 10.6. The number of ether oxygens (including phenoxy) is 4. The molecular formula is C81H152O17P2. The molecule has 0 amide bonds. The average molecular weight is 1460 g/mol. The molecule has 0 saturated heterocycles. The molecule has 0 heterocycles. The standard InChI is InChI=1S/C81H152O17P2/c1-5-9-13-17-21-25-29-33-36-37-40-42-46-50-54-58-62-66-79(84)92-72-77(98-81(86)68-64-60-56-52-48-44-39-35-31-27-23-19-15-11-7-3)74-96-100(89,90)94-70-75(82)69-93-99(87,88)95-73-76(71-91-78(83)65-61-57-53-49-45-41-32-28-24-20-16-12-8-4)97-80(85)67-63-59-55-51-47-43-38-34-30-26-22-18-14-10-6-2/h22,26,34-35,38-39,75-77,82H,5-21,23-25,27-33,36-37,40-74H2,1-4H3,(H,87,88)(H,89,90)/b26-22-,38-34-,39-35-/t75-,76+,77+/m0/s1. The summed E-state index contributed by atoms with van der Waals surface area (Å²) in [7, 11) is -9.94. The molecule has 0 bridgehead atoms. The number of esters is 4. The molecule has 0 aliphatic heterocycles. The van der Waals surface area contributed by atoms with Crippen LogP contribution in [0.2, 0.25) is 0 Å². The van der Waals surface area contributed by atoms with Crippen molar-refractivity contribution in [3.63, 3.8) is 0 Å². The monoisotopic (exact) mass is 1460 g/mol. The highest BCUT2D eigenvalue weighted by atomic mass is 31.2. The van der Waals surface area contributed by atoms with E-state index < -0.39 is 97.5 Å². The lowest BCUT2D eigenvalue weighted by Crippen LogP contribution is -2.30. The zero-order valence-corrected chi connectivity index (χ0v) is 66.2. The Morgan fingerprint density at radius 3 is 0.770 bits per heavy atom. The first-order chi connectivity index (χ1) is 48.7. The van der Waals surface area contributed by atoms with Gasteiger partial charge in [-0.3, -0.25) is 37.3 Å². The van der Waals surface area contributed by atoms with E-state index in [1.165, 1.54) is 199 Å². The predicted octanol–water partition coefficient (Wildman–Crippen LogP) is 23.9. The Morgan fingerprint density at radius 1 is 0.280 bits per heavy atom. The Labute approximate surface area is 611 Å². The van der Waals surface area contributed by atoms with Crippen molar-refractivity contribution in [1.29, 1.82) is 0 Å². The highest BCUT2D eigenvalue weighted by Gasteiger charge is 2.30. The minimum absolute atomic E-state index is 0.0862. The number of phosphoric acid groups is 2. The van der Waals surface area contributed by atoms with Crippen molar-refractivity contribution in [3.8, 4) is 0 Å². The van der Waals surface area contributed by atoms with E-state index in [4.69, 9.17) is 37.0 Å². The number of rotatable bonds is 79. The highest BCUT2D eigenvalue weighted by Crippen LogP contribution is 2.45. The first-order valence-corrected chi connectivity index (χ1v) is 44.2. The minimum Gasteiger partial charge on any atom is -0.462 e. The molecule has 0 rings (SSSR count). The van der Waals surface area contributed by atoms with Crippen LogP contribution in [0, 0.1) is 0 Å². The fourth-order valence-electron chi connectivity index (χ4n) is 11.8. The van der Waals surface area contributed by atoms with Crippen LogP contribution in [0.5, 0.6) is 0 Å². The van der Waals surface area contributed by atoms with Crippen LogP contribution in [0.3, 0.4) is 0 Å². The van der Waals surface area contributed by atoms with Crippen molar-refractivity contribution in [3.05, 3.63) is 36.5 Å². The van der Waals surface area contributed by atoms with Crippen LogP contribution in [0.1, 0.15) is 400 Å². The van der Waals surface area contributed by atoms with E-state index in [9.17, 15) is 43.2 Å². The van der Waals surface area contributed by atoms with Gasteiger partial charge in [0.25, 0.3) is 0 Å². The smallest absolute Gasteiger partial charge is 0.462 e. The fraction of sp³-hybridized carbons (Fsp3) is 0.877. The van der Waals surface area contributed by atoms with Crippen molar-refractivity contribution < 1.29 is 80.2 Å². The third kappa shape index (κ3) is 73.6. The quantitative estimate of drug-likeness (QED) is 0.0169. The molecule has 0 aliphatic carbocycles. The molecule has 0 aromatic heterocycles. The lowest BCUT2D eigenvalue weighted by molar-refractivity contribution is -0.161. The number of unbranched alkanes of at least 4 members (excludes halogenated alkanes) is 47. The summed E-state index contributed by atoms with van der Waals surface area (Å²) in [4.78, 5) is 73.0. The Bertz CT molecular complexity index is 2040. The Kier molecular flexibility index (Phi) is 72.5. The first kappa shape index (κ1) is 97.3. The molecule has 5 atom stereocenters. The van der Waals surface area contributed by atoms with Gasteiger partial charge in [-0.05, 0) is 83.5 Å². The van der Waals surface area contributed by atoms with E-state index in [0.29, 0.717) is 25.7 Å². The number of phosphoric ester groups is 2. The third-order valence-electron chi connectivity index (χ3n) is 18.1. The normalized spacial score (nSPS) is 14.0. The Morgan fingerprint density at radius 2 is 0.490 bits per heavy atom. The van der Waals surface area contributed by atoms with Crippen LogP contribution in [0.15, 0.2) is 36.5 Å². The molecule has 0 aromatic rings. The largest absolute Gasteiger partial charge is 0.472 e. The molecule has 0 radical (unpaired) electrons. The summed E-state index contributed by atoms with van der Waals surface area (Å²) in [6.07, 6.45) is 71.1. The van der Waals surface area contributed by atoms with Crippen LogP contribution in [0.25, 0.3) is 0 Å². The van der Waals surface area contributed by atoms with E-state index in [1.54, 1.807) is 0 Å². The van der Waals surface area contributed by atoms with Gasteiger partial charge in [-0.15, -0.1) is 0 Å². The number of aliphatic hydroxyl groups excluding tert-OH is 1. The van der Waals surface area contributed by atoms with E-state index in [0.717, 1.165) is 122 Å². The summed E-state index contributed by atoms with van der Waals surface area (Å²) in [6.45, 7) is 4.93. The molecule has 588 valence electrons. The van der Waals surface area contributed by atoms with Crippen LogP contribution >= 0.6 is 15.6 Å². The van der Waals surface area contributed by atoms with Crippen molar-refractivity contribution in [1.82, 2.24) is 0 Å². The van der Waals surface area contributed by atoms with Crippen LogP contribution in [0.4, 0.5) is 0 Å². The fourth-order valence-corrected chi connectivity index (χ4v) is 13.4. The van der Waals surface area contributed by atoms with Gasteiger partial charge in [0.2, 0.25) is 0 Å². The molecular weight excluding hydrogens is 1310 g/mol. The number of allylic oxidation sites excluding steroid dienone is 6. The zero-order chi connectivity index (χ0) is 73.2. The number of carbonyl (C=O) groups excluding carboxylic acids is 4. The van der Waals surface area contributed by atoms with Gasteiger partial charge in [-0.1, -0.05) is 327 Å². The first-order valence-electron chi connectivity index (χ1n) is 41.2. The summed E-state index contributed by atoms with van der Waals surface area (Å²) in [5.74, 6) is -2.15. The average Bonchev–Trinajstić information content (AvgIpc) is 1.10. The topological polar surface area (TPSA) is 237 Å². The van der Waals surface area contributed by atoms with E-state index in [1.807, 2.05) is 0 Å². The van der Waals surface area contributed by atoms with Gasteiger partial charge in [-0.2, -0.15) is 0 Å². The maximum Gasteiger partial charge on any atom is 0.472 e. The van der Waals surface area contributed by atoms with Crippen molar-refractivity contribution in [2.75, 3.05) is 39.6 Å². The molecule has 0 fully saturated rings. The number of carbonyl (C=O) groups is 4. The summed E-state index contributed by atoms with van der Waals surface area (Å²) < 4.78 is 68.7. The molecule has 0 saturated carbocycles. The van der Waals surface area contributed by atoms with Gasteiger partial charge in [0.05, 0.1) is 26.4 Å². The molecule has 0 aromatic carbocycles. The second kappa shape index (κ2) is 74.5. The second-order valence-electron chi connectivity index (χ2n) is 28.1. The molecule has 100 heavy (non-hydrogen) atoms. The molecule has 17 nitrogen and oxygen atoms in total. The molecule has 3 N–H and O–H groups in total. The minimum atomic E-state index is -4.97. The lowest BCUT2D eigenvalue weighted by atomic mass is 10.0. The van der Waals surface area contributed by atoms with Gasteiger partial charge in [0.15, 0.2) is 12.2 Å². The SMILES string of the molecule is CCCCC/C=C\C/C=C\CCCCCCCC(=O)O[C@H](COC(=O)CCCCCCCCCCCCCCC)COP(=O)(O)OC[C@H](O)COP(=O)(O)OC[C@@H](COC(=O)CCCCCCCCCCCCCCCCCCC)OC(=O)CCCCCCC/C=C\CCCCCCCC. The van der Waals surface area contributed by atoms with E-state index >= 15 is 0 Å². The molecule has 0 aliphatic rings. The Balaban J connectivity index is 5.31. The molecule has 0 spiro atoms. The second-order valence-corrected chi connectivity index (χ2v) is 31.0. The third-order valence-corrected chi connectivity index (χ3v) is 20.0. The summed E-state index contributed by atoms with van der Waals surface area (Å²) >= 11 is 0. The van der Waals surface area contributed by atoms with Gasteiger partial charge in [0.1, 0.15) is 19.3 Å². The number of aliphatic hydroxyl groups is 1. The maximum absolute atomic E-state index is 13.1. The predicted molar refractivity (Wildman–Crippen MR) is 409 cm³/mol. The van der Waals surface area contributed by atoms with Crippen LogP contribution in [-0.2, 0) is 65.4 Å². The van der Waals surface area contributed by atoms with Crippen LogP contribution < -0.4 is 0 Å². The summed E-state index contributed by atoms with van der Waals surface area (Å²) in [5.41, 5.74) is 0. The number of hydrogen-bond donors (Lipinski definition) is 3. The van der Waals surface area contributed by atoms with E-state index in [2.05, 4.69) is 64.2 Å². The maximum atomic E-state index is 13.1. The highest BCUT2D eigenvalue weighted by molar-refractivity contribution is 7.47. The molecule has 2 unspecified atom stereocenters. The summed E-state index contributed by atoms with van der Waals surface area (Å²) in [6, 6.07) is 0. The van der Waals surface area contributed by atoms with Crippen LogP contribution in [-0.4, -0.2) is 96.7 Å². The molecule has 19 heteroatoms. The van der Waals surface area contributed by atoms with Crippen molar-refractivity contribution >= 4 is 39.5 Å². The number of hydrogen-bond acceptors (Lipinski definition) is 15. The van der Waals surface area contributed by atoms with E-state index in [-0.39, 0.29) is 25.7 Å². The zero-order valence-electron chi connectivity index (χ0n) is 64.4. The van der Waals surface area contributed by atoms with Crippen molar-refractivity contribution in [2.45, 2.75) is 418 Å². The van der Waals surface area contributed by atoms with Gasteiger partial charge >= 0.3 is 39.5 Å². The lowest BCUT2D eigenvalue weighted by Gasteiger charge is -2.21. The van der Waals surface area contributed by atoms with Gasteiger partial charge in [0, 0.05) is 25.7 Å². The van der Waals surface area contributed by atoms with Gasteiger partial charge < -0.3 is 33.8 Å². The van der Waals surface area contributed by atoms with Crippen molar-refractivity contribution in [2.24, 2.45) is 0 Å². The van der Waals surface area contributed by atoms with Gasteiger partial charge in [-0.25, -0.2) is 9.13 Å².